The van der Waals surface area contributed by atoms with Gasteiger partial charge in [-0.1, -0.05) is 12.1 Å². The van der Waals surface area contributed by atoms with E-state index in [1.54, 1.807) is 23.7 Å². The van der Waals surface area contributed by atoms with E-state index < -0.39 is 0 Å². The predicted octanol–water partition coefficient (Wildman–Crippen LogP) is 3.19. The first-order chi connectivity index (χ1) is 15.0. The van der Waals surface area contributed by atoms with Gasteiger partial charge in [-0.05, 0) is 42.8 Å². The van der Waals surface area contributed by atoms with Gasteiger partial charge >= 0.3 is 0 Å². The van der Waals surface area contributed by atoms with Crippen molar-refractivity contribution >= 4 is 22.5 Å². The summed E-state index contributed by atoms with van der Waals surface area (Å²) in [4.78, 5) is 28.7. The second kappa shape index (κ2) is 9.20. The van der Waals surface area contributed by atoms with E-state index in [1.807, 2.05) is 29.2 Å². The number of amides is 1. The fourth-order valence-corrected chi connectivity index (χ4v) is 3.93. The lowest BCUT2D eigenvalue weighted by molar-refractivity contribution is -0.131. The van der Waals surface area contributed by atoms with E-state index in [9.17, 15) is 14.0 Å². The van der Waals surface area contributed by atoms with Crippen LogP contribution in [0.5, 0.6) is 5.75 Å². The molecular formula is C24H26FN3O3. The zero-order chi connectivity index (χ0) is 21.8. The average molecular weight is 423 g/mol. The van der Waals surface area contributed by atoms with Crippen molar-refractivity contribution < 1.29 is 13.9 Å². The van der Waals surface area contributed by atoms with Crippen molar-refractivity contribution in [3.05, 3.63) is 70.8 Å². The third-order valence-electron chi connectivity index (χ3n) is 5.73. The summed E-state index contributed by atoms with van der Waals surface area (Å²) in [5.74, 6) is 0.416. The highest BCUT2D eigenvalue weighted by Crippen LogP contribution is 2.23. The molecule has 2 heterocycles. The molecule has 1 saturated heterocycles. The molecule has 162 valence electrons. The number of nitrogens with zero attached hydrogens (tertiary/aromatic N) is 3. The molecule has 0 unspecified atom stereocenters. The molecule has 2 aromatic carbocycles. The van der Waals surface area contributed by atoms with E-state index in [1.165, 1.54) is 18.2 Å². The fraction of sp³-hybridized carbons (Fsp3) is 0.333. The Balaban J connectivity index is 1.26. The smallest absolute Gasteiger partial charge is 0.254 e. The number of aryl methyl sites for hydroxylation is 1. The number of carbonyl (C=O) groups excluding carboxylic acids is 1. The van der Waals surface area contributed by atoms with Gasteiger partial charge in [0.15, 0.2) is 0 Å². The molecule has 0 aliphatic carbocycles. The molecule has 0 atom stereocenters. The summed E-state index contributed by atoms with van der Waals surface area (Å²) in [5.41, 5.74) is 1.67. The number of para-hydroxylation sites is 1. The molecule has 1 aliphatic heterocycles. The monoisotopic (exact) mass is 423 g/mol. The van der Waals surface area contributed by atoms with Crippen molar-refractivity contribution in [1.29, 1.82) is 0 Å². The Morgan fingerprint density at radius 2 is 1.74 bits per heavy atom. The van der Waals surface area contributed by atoms with Crippen molar-refractivity contribution in [3.8, 4) is 5.75 Å². The van der Waals surface area contributed by atoms with Crippen LogP contribution in [0.25, 0.3) is 10.9 Å². The summed E-state index contributed by atoms with van der Waals surface area (Å²) < 4.78 is 20.5. The van der Waals surface area contributed by atoms with Crippen LogP contribution < -0.4 is 15.2 Å². The van der Waals surface area contributed by atoms with Crippen LogP contribution in [0.4, 0.5) is 10.1 Å². The molecular weight excluding hydrogens is 397 g/mol. The van der Waals surface area contributed by atoms with Crippen LogP contribution >= 0.6 is 0 Å². The van der Waals surface area contributed by atoms with E-state index in [0.717, 1.165) is 29.7 Å². The molecule has 1 amide bonds. The maximum Gasteiger partial charge on any atom is 0.254 e. The largest absolute Gasteiger partial charge is 0.493 e. The van der Waals surface area contributed by atoms with Crippen LogP contribution in [0.15, 0.2) is 59.4 Å². The summed E-state index contributed by atoms with van der Waals surface area (Å²) in [5, 5.41) is 0.882. The molecule has 1 aromatic heterocycles. The molecule has 0 bridgehead atoms. The van der Waals surface area contributed by atoms with Gasteiger partial charge in [-0.2, -0.15) is 0 Å². The van der Waals surface area contributed by atoms with Gasteiger partial charge < -0.3 is 19.1 Å². The molecule has 0 N–H and O–H groups in total. The van der Waals surface area contributed by atoms with Crippen LogP contribution in [0.3, 0.4) is 0 Å². The van der Waals surface area contributed by atoms with E-state index >= 15 is 0 Å². The highest BCUT2D eigenvalue weighted by Gasteiger charge is 2.21. The fourth-order valence-electron chi connectivity index (χ4n) is 3.93. The van der Waals surface area contributed by atoms with Crippen molar-refractivity contribution in [2.75, 3.05) is 37.7 Å². The first-order valence-corrected chi connectivity index (χ1v) is 10.5. The van der Waals surface area contributed by atoms with Gasteiger partial charge in [0.05, 0.1) is 12.1 Å². The maximum absolute atomic E-state index is 13.1. The minimum Gasteiger partial charge on any atom is -0.493 e. The molecule has 0 spiro atoms. The van der Waals surface area contributed by atoms with Gasteiger partial charge in [-0.25, -0.2) is 4.39 Å². The van der Waals surface area contributed by atoms with Gasteiger partial charge in [0.2, 0.25) is 5.91 Å². The minimum atomic E-state index is -0.247. The number of pyridine rings is 1. The number of benzene rings is 2. The SMILES string of the molecule is Cn1c(=O)cc(OCCCC(=O)N2CCN(c3ccc(F)cc3)CC2)c2ccccc21. The number of fused-ring (bicyclic) bond motifs is 1. The highest BCUT2D eigenvalue weighted by atomic mass is 19.1. The molecule has 7 heteroatoms. The quantitative estimate of drug-likeness (QED) is 0.572. The van der Waals surface area contributed by atoms with Crippen molar-refractivity contribution in [2.45, 2.75) is 12.8 Å². The molecule has 0 radical (unpaired) electrons. The van der Waals surface area contributed by atoms with Gasteiger partial charge in [0, 0.05) is 56.8 Å². The molecule has 31 heavy (non-hydrogen) atoms. The molecule has 1 aliphatic rings. The van der Waals surface area contributed by atoms with E-state index in [4.69, 9.17) is 4.74 Å². The molecule has 6 nitrogen and oxygen atoms in total. The van der Waals surface area contributed by atoms with E-state index in [-0.39, 0.29) is 17.3 Å². The van der Waals surface area contributed by atoms with Gasteiger partial charge in [0.25, 0.3) is 5.56 Å². The Bertz CT molecular complexity index is 1120. The Kier molecular flexibility index (Phi) is 6.21. The lowest BCUT2D eigenvalue weighted by Crippen LogP contribution is -2.48. The third-order valence-corrected chi connectivity index (χ3v) is 5.73. The number of hydrogen-bond donors (Lipinski definition) is 0. The highest BCUT2D eigenvalue weighted by molar-refractivity contribution is 5.85. The van der Waals surface area contributed by atoms with Crippen molar-refractivity contribution in [2.24, 2.45) is 7.05 Å². The molecule has 1 fully saturated rings. The number of hydrogen-bond acceptors (Lipinski definition) is 4. The van der Waals surface area contributed by atoms with Crippen molar-refractivity contribution in [3.63, 3.8) is 0 Å². The summed E-state index contributed by atoms with van der Waals surface area (Å²) in [6, 6.07) is 15.6. The second-order valence-corrected chi connectivity index (χ2v) is 7.72. The van der Waals surface area contributed by atoms with Crippen LogP contribution in [-0.2, 0) is 11.8 Å². The van der Waals surface area contributed by atoms with Crippen LogP contribution in [0.2, 0.25) is 0 Å². The Hall–Kier alpha value is -3.35. The Labute approximate surface area is 180 Å². The van der Waals surface area contributed by atoms with Gasteiger partial charge in [0.1, 0.15) is 11.6 Å². The number of carbonyl (C=O) groups is 1. The van der Waals surface area contributed by atoms with E-state index in [2.05, 4.69) is 4.90 Å². The topological polar surface area (TPSA) is 54.8 Å². The van der Waals surface area contributed by atoms with Gasteiger partial charge in [-0.3, -0.25) is 9.59 Å². The van der Waals surface area contributed by atoms with Crippen LogP contribution in [0, 0.1) is 5.82 Å². The number of piperazine rings is 1. The standard InChI is InChI=1S/C24H26FN3O3/c1-26-21-6-3-2-5-20(21)22(17-24(26)30)31-16-4-7-23(29)28-14-12-27(13-15-28)19-10-8-18(25)9-11-19/h2-3,5-6,8-11,17H,4,7,12-16H2,1H3. The summed E-state index contributed by atoms with van der Waals surface area (Å²) in [7, 11) is 1.74. The van der Waals surface area contributed by atoms with Crippen molar-refractivity contribution in [1.82, 2.24) is 9.47 Å². The molecule has 3 aromatic rings. The van der Waals surface area contributed by atoms with Crippen LogP contribution in [-0.4, -0.2) is 48.2 Å². The lowest BCUT2D eigenvalue weighted by Gasteiger charge is -2.36. The van der Waals surface area contributed by atoms with Crippen LogP contribution in [0.1, 0.15) is 12.8 Å². The zero-order valence-corrected chi connectivity index (χ0v) is 17.6. The first kappa shape index (κ1) is 20.9. The third kappa shape index (κ3) is 4.71. The Morgan fingerprint density at radius 1 is 1.03 bits per heavy atom. The number of ether oxygens (including phenoxy) is 1. The molecule has 0 saturated carbocycles. The lowest BCUT2D eigenvalue weighted by atomic mass is 10.2. The normalized spacial score (nSPS) is 14.1. The number of rotatable bonds is 6. The summed E-state index contributed by atoms with van der Waals surface area (Å²) >= 11 is 0. The second-order valence-electron chi connectivity index (χ2n) is 7.72. The number of anilines is 1. The Morgan fingerprint density at radius 3 is 2.48 bits per heavy atom. The van der Waals surface area contributed by atoms with E-state index in [0.29, 0.717) is 38.3 Å². The average Bonchev–Trinajstić information content (AvgIpc) is 2.80. The predicted molar refractivity (Wildman–Crippen MR) is 119 cm³/mol. The first-order valence-electron chi connectivity index (χ1n) is 10.5. The number of halogens is 1. The summed E-state index contributed by atoms with van der Waals surface area (Å²) in [6.45, 7) is 3.13. The summed E-state index contributed by atoms with van der Waals surface area (Å²) in [6.07, 6.45) is 0.986. The van der Waals surface area contributed by atoms with Gasteiger partial charge in [-0.15, -0.1) is 0 Å². The maximum atomic E-state index is 13.1. The minimum absolute atomic E-state index is 0.108. The number of aromatic nitrogens is 1. The zero-order valence-electron chi connectivity index (χ0n) is 17.6. The molecule has 4 rings (SSSR count).